The van der Waals surface area contributed by atoms with Crippen molar-refractivity contribution in [2.45, 2.75) is 354 Å². The molecule has 3 atom stereocenters. The monoisotopic (exact) mass is 1240 g/mol. The van der Waals surface area contributed by atoms with Crippen LogP contribution in [0.5, 0.6) is 0 Å². The Morgan fingerprint density at radius 3 is 1.07 bits per heavy atom. The lowest BCUT2D eigenvalue weighted by Crippen LogP contribution is -2.47. The molecule has 0 bridgehead atoms. The molecule has 0 aliphatic rings. The number of carbonyl (C=O) groups excluding carboxylic acids is 2. The zero-order valence-corrected chi connectivity index (χ0v) is 58.9. The maximum atomic E-state index is 13.6. The highest BCUT2D eigenvalue weighted by Crippen LogP contribution is 2.38. The van der Waals surface area contributed by atoms with Crippen molar-refractivity contribution in [2.24, 2.45) is 0 Å². The van der Waals surface area contributed by atoms with Crippen LogP contribution in [0.2, 0.25) is 0 Å². The Morgan fingerprint density at radius 1 is 0.402 bits per heavy atom. The molecule has 0 radical (unpaired) electrons. The van der Waals surface area contributed by atoms with Crippen molar-refractivity contribution in [1.82, 2.24) is 5.32 Å². The van der Waals surface area contributed by atoms with Gasteiger partial charge >= 0.3 is 5.97 Å². The summed E-state index contributed by atoms with van der Waals surface area (Å²) in [7, 11) is 1.18. The molecule has 0 aliphatic carbocycles. The smallest absolute Gasteiger partial charge is 0.306 e. The molecule has 0 fully saturated rings. The number of hydrogen-bond donors (Lipinski definition) is 1. The molecule has 0 saturated heterocycles. The van der Waals surface area contributed by atoms with Gasteiger partial charge in [0.2, 0.25) is 5.91 Å². The Labute approximate surface area is 539 Å². The Kier molecular flexibility index (Phi) is 64.0. The molecule has 1 N–H and O–H groups in total. The minimum Gasteiger partial charge on any atom is -0.756 e. The normalized spacial score (nSPS) is 14.0. The highest BCUT2D eigenvalue weighted by atomic mass is 31.2. The molecule has 0 aliphatic heterocycles. The van der Waals surface area contributed by atoms with Crippen molar-refractivity contribution in [3.63, 3.8) is 0 Å². The number of unbranched alkanes of at least 4 members (excludes halogenated alkanes) is 39. The van der Waals surface area contributed by atoms with Gasteiger partial charge in [0.25, 0.3) is 7.82 Å². The number of nitrogens with zero attached hydrogens (tertiary/aromatic N) is 1. The summed E-state index contributed by atoms with van der Waals surface area (Å²) in [6, 6.07) is -0.894. The number of phosphoric acid groups is 1. The number of phosphoric ester groups is 1. The maximum absolute atomic E-state index is 13.6. The van der Waals surface area contributed by atoms with E-state index in [1.165, 1.54) is 218 Å². The second kappa shape index (κ2) is 66.1. The van der Waals surface area contributed by atoms with Gasteiger partial charge in [-0.15, -0.1) is 0 Å². The second-order valence-corrected chi connectivity index (χ2v) is 27.5. The summed E-state index contributed by atoms with van der Waals surface area (Å²) in [5.74, 6) is -0.537. The Balaban J connectivity index is 4.98. The molecule has 0 aromatic rings. The van der Waals surface area contributed by atoms with Crippen LogP contribution in [0.4, 0.5) is 0 Å². The summed E-state index contributed by atoms with van der Waals surface area (Å²) in [6.45, 7) is 6.82. The highest BCUT2D eigenvalue weighted by molar-refractivity contribution is 7.45. The number of esters is 1. The van der Waals surface area contributed by atoms with Crippen LogP contribution in [0.3, 0.4) is 0 Å². The van der Waals surface area contributed by atoms with Gasteiger partial charge in [0, 0.05) is 12.8 Å². The molecule has 9 nitrogen and oxygen atoms in total. The Morgan fingerprint density at radius 2 is 0.701 bits per heavy atom. The Bertz CT molecular complexity index is 1760. The van der Waals surface area contributed by atoms with Crippen molar-refractivity contribution in [3.8, 4) is 0 Å². The van der Waals surface area contributed by atoms with E-state index >= 15 is 0 Å². The number of carbonyl (C=O) groups is 2. The van der Waals surface area contributed by atoms with E-state index in [2.05, 4.69) is 99.0 Å². The van der Waals surface area contributed by atoms with Gasteiger partial charge in [-0.2, -0.15) is 0 Å². The number of amides is 1. The number of ether oxygens (including phenoxy) is 1. The molecule has 1 amide bonds. The van der Waals surface area contributed by atoms with Gasteiger partial charge in [-0.05, 0) is 109 Å². The van der Waals surface area contributed by atoms with Crippen LogP contribution in [0.25, 0.3) is 0 Å². The van der Waals surface area contributed by atoms with Gasteiger partial charge in [0.05, 0.1) is 33.8 Å². The quantitative estimate of drug-likeness (QED) is 0.0212. The topological polar surface area (TPSA) is 114 Å². The summed E-state index contributed by atoms with van der Waals surface area (Å²) in [6.07, 6.45) is 88.5. The fraction of sp³-hybridized carbons (Fsp3) is 0.792. The minimum atomic E-state index is -4.71. The van der Waals surface area contributed by atoms with Crippen LogP contribution in [0, 0.1) is 0 Å². The molecule has 0 aromatic heterocycles. The van der Waals surface area contributed by atoms with Crippen LogP contribution >= 0.6 is 7.82 Å². The molecule has 3 unspecified atom stereocenters. The minimum absolute atomic E-state index is 0.0248. The van der Waals surface area contributed by atoms with E-state index in [0.717, 1.165) is 89.9 Å². The lowest BCUT2D eigenvalue weighted by molar-refractivity contribution is -0.870. The van der Waals surface area contributed by atoms with Crippen molar-refractivity contribution >= 4 is 19.7 Å². The molecule has 506 valence electrons. The number of quaternary nitrogens is 1. The van der Waals surface area contributed by atoms with Crippen LogP contribution in [0.15, 0.2) is 85.1 Å². The average Bonchev–Trinajstić information content (AvgIpc) is 3.70. The molecular weight excluding hydrogens is 1100 g/mol. The van der Waals surface area contributed by atoms with Crippen LogP contribution < -0.4 is 10.2 Å². The first-order chi connectivity index (χ1) is 42.4. The van der Waals surface area contributed by atoms with Crippen molar-refractivity contribution in [3.05, 3.63) is 85.1 Å². The maximum Gasteiger partial charge on any atom is 0.306 e. The predicted octanol–water partition coefficient (Wildman–Crippen LogP) is 23.0. The third kappa shape index (κ3) is 67.4. The summed E-state index contributed by atoms with van der Waals surface area (Å²) in [5, 5.41) is 3.04. The van der Waals surface area contributed by atoms with Gasteiger partial charge in [0.1, 0.15) is 19.3 Å². The van der Waals surface area contributed by atoms with Crippen molar-refractivity contribution in [2.75, 3.05) is 40.9 Å². The van der Waals surface area contributed by atoms with E-state index in [0.29, 0.717) is 17.4 Å². The summed E-state index contributed by atoms with van der Waals surface area (Å²) < 4.78 is 30.5. The standard InChI is InChI=1S/C77H141N2O7P/c1-7-10-13-16-19-22-25-27-29-31-33-35-37-38-39-40-42-43-45-47-49-51-54-57-60-63-66-69-76(80)78-74(73-85-87(82,83)84-72-71-79(4,5)6)75(68-65-62-59-56-53-24-21-18-15-12-9-3)86-77(81)70-67-64-61-58-55-52-50-48-46-44-41-36-34-32-30-28-26-23-20-17-14-11-8-2/h19-20,22-23,27-30,33,35,38-39,65,68,74-75H,7-18,21,24-26,31-32,34,36-37,40-64,66-67,69-73H2,1-6H3,(H-,78,80,82,83)/b22-19-,23-20-,29-27-,30-28-,35-33-,39-38-,68-65-. The summed E-state index contributed by atoms with van der Waals surface area (Å²) in [5.41, 5.74) is 0. The van der Waals surface area contributed by atoms with E-state index in [-0.39, 0.29) is 24.9 Å². The number of rotatable bonds is 67. The van der Waals surface area contributed by atoms with Crippen molar-refractivity contribution < 1.29 is 37.3 Å². The lowest BCUT2D eigenvalue weighted by Gasteiger charge is -2.30. The van der Waals surface area contributed by atoms with Crippen LogP contribution in [0.1, 0.15) is 342 Å². The number of hydrogen-bond acceptors (Lipinski definition) is 7. The molecule has 0 rings (SSSR count). The number of allylic oxidation sites excluding steroid dienone is 13. The third-order valence-corrected chi connectivity index (χ3v) is 17.3. The Hall–Kier alpha value is -2.81. The molecule has 87 heavy (non-hydrogen) atoms. The average molecular weight is 1240 g/mol. The molecule has 0 heterocycles. The lowest BCUT2D eigenvalue weighted by atomic mass is 10.0. The van der Waals surface area contributed by atoms with E-state index in [1.54, 1.807) is 0 Å². The van der Waals surface area contributed by atoms with Crippen LogP contribution in [-0.2, 0) is 27.9 Å². The highest BCUT2D eigenvalue weighted by Gasteiger charge is 2.27. The first kappa shape index (κ1) is 84.2. The van der Waals surface area contributed by atoms with Gasteiger partial charge < -0.3 is 28.5 Å². The SMILES string of the molecule is CCCCC/C=C\C/C=C\C/C=C\C/C=C\CCCCCCCCCCCCCC(=O)NC(COP(=O)([O-])OCC[N+](C)(C)C)C(/C=C\CCCCCCCCCCC)OC(=O)CCCCCCCCCCCCCCC/C=C\C/C=C\CCCCC. The van der Waals surface area contributed by atoms with Gasteiger partial charge in [-0.3, -0.25) is 14.2 Å². The first-order valence-corrected chi connectivity index (χ1v) is 38.4. The van der Waals surface area contributed by atoms with Gasteiger partial charge in [0.15, 0.2) is 0 Å². The van der Waals surface area contributed by atoms with Gasteiger partial charge in [-0.1, -0.05) is 305 Å². The zero-order chi connectivity index (χ0) is 63.5. The fourth-order valence-corrected chi connectivity index (χ4v) is 11.3. The van der Waals surface area contributed by atoms with E-state index in [1.807, 2.05) is 33.3 Å². The number of likely N-dealkylation sites (N-methyl/N-ethyl adjacent to an activating group) is 1. The molecule has 0 spiro atoms. The van der Waals surface area contributed by atoms with Gasteiger partial charge in [-0.25, -0.2) is 0 Å². The predicted molar refractivity (Wildman–Crippen MR) is 376 cm³/mol. The zero-order valence-electron chi connectivity index (χ0n) is 58.0. The largest absolute Gasteiger partial charge is 0.756 e. The molecule has 0 aromatic carbocycles. The van der Waals surface area contributed by atoms with E-state index in [4.69, 9.17) is 13.8 Å². The third-order valence-electron chi connectivity index (χ3n) is 16.3. The molecule has 0 saturated carbocycles. The van der Waals surface area contributed by atoms with Crippen molar-refractivity contribution in [1.29, 1.82) is 0 Å². The van der Waals surface area contributed by atoms with E-state index in [9.17, 15) is 19.0 Å². The molecule has 10 heteroatoms. The summed E-state index contributed by atoms with van der Waals surface area (Å²) in [4.78, 5) is 40.2. The van der Waals surface area contributed by atoms with E-state index < -0.39 is 26.6 Å². The fourth-order valence-electron chi connectivity index (χ4n) is 10.6. The molecular formula is C77H141N2O7P. The second-order valence-electron chi connectivity index (χ2n) is 26.1. The first-order valence-electron chi connectivity index (χ1n) is 36.9. The van der Waals surface area contributed by atoms with Crippen LogP contribution in [-0.4, -0.2) is 69.4 Å². The summed E-state index contributed by atoms with van der Waals surface area (Å²) >= 11 is 0. The number of nitrogens with one attached hydrogen (secondary N) is 1.